The number of unbranched alkanes of at least 4 members (excludes halogenated alkanes) is 1. The van der Waals surface area contributed by atoms with Crippen LogP contribution in [-0.2, 0) is 19.5 Å². The highest BCUT2D eigenvalue weighted by Crippen LogP contribution is 2.24. The number of aromatic carboxylic acids is 1. The Morgan fingerprint density at radius 1 is 1.00 bits per heavy atom. The molecule has 0 saturated carbocycles. The Balaban J connectivity index is 1.93. The molecular weight excluding hydrogens is 364 g/mol. The van der Waals surface area contributed by atoms with Crippen LogP contribution in [-0.4, -0.2) is 20.2 Å². The van der Waals surface area contributed by atoms with Crippen molar-refractivity contribution in [1.82, 2.24) is 9.13 Å². The van der Waals surface area contributed by atoms with Crippen molar-refractivity contribution in [2.24, 2.45) is 0 Å². The molecule has 0 radical (unpaired) electrons. The first-order chi connectivity index (χ1) is 14.0. The van der Waals surface area contributed by atoms with Crippen LogP contribution < -0.4 is 5.69 Å². The molecule has 1 aromatic heterocycles. The molecule has 5 heteroatoms. The third-order valence-electron chi connectivity index (χ3n) is 5.46. The third kappa shape index (κ3) is 4.19. The van der Waals surface area contributed by atoms with Crippen molar-refractivity contribution in [3.63, 3.8) is 0 Å². The number of nitrogens with zero attached hydrogens (tertiary/aromatic N) is 2. The molecule has 0 saturated heterocycles. The molecule has 0 bridgehead atoms. The summed E-state index contributed by atoms with van der Waals surface area (Å²) in [4.78, 5) is 24.4. The summed E-state index contributed by atoms with van der Waals surface area (Å²) in [5.74, 6) is -0.937. The lowest BCUT2D eigenvalue weighted by molar-refractivity contribution is 0.0697. The van der Waals surface area contributed by atoms with Crippen LogP contribution in [0.25, 0.3) is 11.1 Å². The Morgan fingerprint density at radius 2 is 1.69 bits per heavy atom. The molecule has 0 atom stereocenters. The van der Waals surface area contributed by atoms with E-state index in [2.05, 4.69) is 6.92 Å². The predicted octanol–water partition coefficient (Wildman–Crippen LogP) is 4.73. The molecule has 0 spiro atoms. The molecule has 2 aromatic carbocycles. The van der Waals surface area contributed by atoms with Gasteiger partial charge in [-0.3, -0.25) is 9.13 Å². The minimum absolute atomic E-state index is 0.0383. The molecule has 0 aliphatic heterocycles. The molecule has 0 amide bonds. The number of hydrogen-bond donors (Lipinski definition) is 1. The monoisotopic (exact) mass is 392 g/mol. The maximum absolute atomic E-state index is 12.9. The van der Waals surface area contributed by atoms with Gasteiger partial charge >= 0.3 is 11.7 Å². The number of carbonyl (C=O) groups is 1. The first-order valence-corrected chi connectivity index (χ1v) is 10.2. The number of benzene rings is 2. The zero-order valence-corrected chi connectivity index (χ0v) is 17.3. The lowest BCUT2D eigenvalue weighted by Gasteiger charge is -2.10. The molecule has 1 N–H and O–H groups in total. The molecule has 0 aliphatic rings. The van der Waals surface area contributed by atoms with E-state index in [4.69, 9.17) is 0 Å². The molecule has 0 unspecified atom stereocenters. The minimum Gasteiger partial charge on any atom is -0.478 e. The second kappa shape index (κ2) is 8.95. The molecule has 3 aromatic rings. The third-order valence-corrected chi connectivity index (χ3v) is 5.46. The van der Waals surface area contributed by atoms with Gasteiger partial charge in [-0.2, -0.15) is 0 Å². The second-order valence-electron chi connectivity index (χ2n) is 7.30. The molecular formula is C24H28N2O3. The Morgan fingerprint density at radius 3 is 2.31 bits per heavy atom. The van der Waals surface area contributed by atoms with Crippen molar-refractivity contribution in [3.8, 4) is 11.1 Å². The van der Waals surface area contributed by atoms with Crippen LogP contribution in [0.2, 0.25) is 0 Å². The van der Waals surface area contributed by atoms with Gasteiger partial charge in [0.05, 0.1) is 12.1 Å². The summed E-state index contributed by atoms with van der Waals surface area (Å²) in [5, 5.41) is 9.42. The summed E-state index contributed by atoms with van der Waals surface area (Å²) < 4.78 is 3.72. The lowest BCUT2D eigenvalue weighted by Crippen LogP contribution is -2.25. The molecule has 0 fully saturated rings. The van der Waals surface area contributed by atoms with Crippen LogP contribution in [0.5, 0.6) is 0 Å². The van der Waals surface area contributed by atoms with Crippen molar-refractivity contribution in [2.45, 2.75) is 53.1 Å². The number of imidazole rings is 1. The highest BCUT2D eigenvalue weighted by Gasteiger charge is 2.16. The van der Waals surface area contributed by atoms with Gasteiger partial charge < -0.3 is 5.11 Å². The van der Waals surface area contributed by atoms with Crippen molar-refractivity contribution in [3.05, 3.63) is 81.5 Å². The van der Waals surface area contributed by atoms with E-state index in [1.165, 1.54) is 0 Å². The van der Waals surface area contributed by atoms with E-state index < -0.39 is 5.97 Å². The fraction of sp³-hybridized carbons (Fsp3) is 0.333. The number of carboxylic acid groups (broad SMARTS) is 1. The number of aromatic nitrogens is 2. The van der Waals surface area contributed by atoms with Crippen molar-refractivity contribution < 1.29 is 9.90 Å². The number of rotatable bonds is 8. The van der Waals surface area contributed by atoms with Crippen LogP contribution in [0, 0.1) is 6.92 Å². The van der Waals surface area contributed by atoms with E-state index in [9.17, 15) is 14.7 Å². The SMILES string of the molecule is CCCCc1c(C)n(CC)c(=O)n1Cc1ccc(-c2ccccc2C(=O)O)cc1. The molecule has 3 rings (SSSR count). The van der Waals surface area contributed by atoms with E-state index in [-0.39, 0.29) is 11.3 Å². The summed E-state index contributed by atoms with van der Waals surface area (Å²) in [5.41, 5.74) is 5.06. The molecule has 5 nitrogen and oxygen atoms in total. The van der Waals surface area contributed by atoms with Gasteiger partial charge in [0.2, 0.25) is 0 Å². The molecule has 152 valence electrons. The van der Waals surface area contributed by atoms with Crippen molar-refractivity contribution in [1.29, 1.82) is 0 Å². The predicted molar refractivity (Wildman–Crippen MR) is 116 cm³/mol. The first-order valence-electron chi connectivity index (χ1n) is 10.2. The Kier molecular flexibility index (Phi) is 6.37. The smallest absolute Gasteiger partial charge is 0.336 e. The standard InChI is InChI=1S/C24H28N2O3/c1-4-6-11-22-17(3)25(5-2)24(29)26(22)16-18-12-14-19(15-13-18)20-9-7-8-10-21(20)23(27)28/h7-10,12-15H,4-6,11,16H2,1-3H3,(H,27,28). The van der Waals surface area contributed by atoms with E-state index in [0.717, 1.165) is 41.8 Å². The Labute approximate surface area is 171 Å². The van der Waals surface area contributed by atoms with Crippen molar-refractivity contribution in [2.75, 3.05) is 0 Å². The zero-order valence-electron chi connectivity index (χ0n) is 17.3. The van der Waals surface area contributed by atoms with Gasteiger partial charge in [0.15, 0.2) is 0 Å². The second-order valence-corrected chi connectivity index (χ2v) is 7.30. The average Bonchev–Trinajstić information content (AvgIpc) is 2.95. The highest BCUT2D eigenvalue weighted by atomic mass is 16.4. The summed E-state index contributed by atoms with van der Waals surface area (Å²) in [6.07, 6.45) is 3.04. The van der Waals surface area contributed by atoms with Crippen LogP contribution in [0.15, 0.2) is 53.3 Å². The zero-order chi connectivity index (χ0) is 21.0. The Hall–Kier alpha value is -3.08. The first kappa shape index (κ1) is 20.6. The van der Waals surface area contributed by atoms with E-state index in [1.807, 2.05) is 59.4 Å². The van der Waals surface area contributed by atoms with E-state index >= 15 is 0 Å². The average molecular weight is 392 g/mol. The fourth-order valence-corrected chi connectivity index (χ4v) is 3.84. The normalized spacial score (nSPS) is 11.0. The minimum atomic E-state index is -0.937. The van der Waals surface area contributed by atoms with Crippen LogP contribution >= 0.6 is 0 Å². The van der Waals surface area contributed by atoms with Gasteiger partial charge in [0, 0.05) is 17.9 Å². The Bertz CT molecular complexity index is 1060. The quantitative estimate of drug-likeness (QED) is 0.602. The van der Waals surface area contributed by atoms with E-state index in [1.54, 1.807) is 12.1 Å². The maximum Gasteiger partial charge on any atom is 0.336 e. The van der Waals surface area contributed by atoms with E-state index in [0.29, 0.717) is 18.7 Å². The lowest BCUT2D eigenvalue weighted by atomic mass is 9.99. The largest absolute Gasteiger partial charge is 0.478 e. The molecule has 0 aliphatic carbocycles. The van der Waals surface area contributed by atoms with Crippen LogP contribution in [0.3, 0.4) is 0 Å². The van der Waals surface area contributed by atoms with Gasteiger partial charge in [-0.05, 0) is 49.4 Å². The summed E-state index contributed by atoms with van der Waals surface area (Å²) in [7, 11) is 0. The van der Waals surface area contributed by atoms with Gasteiger partial charge in [0.25, 0.3) is 0 Å². The number of carboxylic acids is 1. The van der Waals surface area contributed by atoms with Gasteiger partial charge in [-0.15, -0.1) is 0 Å². The summed E-state index contributed by atoms with van der Waals surface area (Å²) >= 11 is 0. The number of hydrogen-bond acceptors (Lipinski definition) is 2. The van der Waals surface area contributed by atoms with Crippen molar-refractivity contribution >= 4 is 5.97 Å². The maximum atomic E-state index is 12.9. The summed E-state index contributed by atoms with van der Waals surface area (Å²) in [6.45, 7) is 7.37. The highest BCUT2D eigenvalue weighted by molar-refractivity contribution is 5.95. The van der Waals surface area contributed by atoms with Crippen LogP contribution in [0.1, 0.15) is 54.0 Å². The van der Waals surface area contributed by atoms with Crippen LogP contribution in [0.4, 0.5) is 0 Å². The van der Waals surface area contributed by atoms with Gasteiger partial charge in [-0.1, -0.05) is 55.8 Å². The van der Waals surface area contributed by atoms with Gasteiger partial charge in [0.1, 0.15) is 0 Å². The molecule has 1 heterocycles. The summed E-state index contributed by atoms with van der Waals surface area (Å²) in [6, 6.07) is 14.8. The molecule has 29 heavy (non-hydrogen) atoms. The topological polar surface area (TPSA) is 64.2 Å². The van der Waals surface area contributed by atoms with Gasteiger partial charge in [-0.25, -0.2) is 9.59 Å². The fourth-order valence-electron chi connectivity index (χ4n) is 3.84.